The standard InChI is InChI=1S/C20H28N4O2/c1-13(2)16-9-6-8-14(3)19(16)24-20(25)17-12-18(23-15(4)22-17)21-10-7-11-26-5/h6,8-9,12-13H,7,10-11H2,1-5H3,(H,24,25)(H,21,22,23). The van der Waals surface area contributed by atoms with Crippen molar-refractivity contribution >= 4 is 17.4 Å². The van der Waals surface area contributed by atoms with Gasteiger partial charge in [0.2, 0.25) is 0 Å². The number of methoxy groups -OCH3 is 1. The molecule has 1 aromatic heterocycles. The maximum absolute atomic E-state index is 12.8. The van der Waals surface area contributed by atoms with Crippen LogP contribution in [0.15, 0.2) is 24.3 Å². The Hall–Kier alpha value is -2.47. The number of carbonyl (C=O) groups is 1. The molecule has 0 aliphatic carbocycles. The van der Waals surface area contributed by atoms with Gasteiger partial charge >= 0.3 is 0 Å². The zero-order valence-corrected chi connectivity index (χ0v) is 16.2. The maximum atomic E-state index is 12.8. The Balaban J connectivity index is 2.19. The van der Waals surface area contributed by atoms with Crippen molar-refractivity contribution in [1.29, 1.82) is 0 Å². The summed E-state index contributed by atoms with van der Waals surface area (Å²) in [5.74, 6) is 1.29. The molecule has 1 amide bonds. The van der Waals surface area contributed by atoms with Crippen LogP contribution in [0.2, 0.25) is 0 Å². The molecule has 0 bridgehead atoms. The summed E-state index contributed by atoms with van der Waals surface area (Å²) in [4.78, 5) is 21.4. The van der Waals surface area contributed by atoms with E-state index in [1.54, 1.807) is 20.1 Å². The van der Waals surface area contributed by atoms with Gasteiger partial charge in [0.05, 0.1) is 0 Å². The minimum atomic E-state index is -0.230. The van der Waals surface area contributed by atoms with Crippen LogP contribution in [0, 0.1) is 13.8 Å². The Labute approximate surface area is 155 Å². The molecule has 1 heterocycles. The van der Waals surface area contributed by atoms with Crippen molar-refractivity contribution in [3.63, 3.8) is 0 Å². The minimum Gasteiger partial charge on any atom is -0.385 e. The van der Waals surface area contributed by atoms with Gasteiger partial charge in [0.15, 0.2) is 0 Å². The molecular formula is C20H28N4O2. The van der Waals surface area contributed by atoms with Crippen molar-refractivity contribution in [1.82, 2.24) is 9.97 Å². The van der Waals surface area contributed by atoms with Gasteiger partial charge in [0, 0.05) is 32.0 Å². The van der Waals surface area contributed by atoms with Crippen LogP contribution in [0.25, 0.3) is 0 Å². The predicted molar refractivity (Wildman–Crippen MR) is 105 cm³/mol. The van der Waals surface area contributed by atoms with Crippen LogP contribution >= 0.6 is 0 Å². The Bertz CT molecular complexity index is 759. The van der Waals surface area contributed by atoms with Crippen LogP contribution in [0.4, 0.5) is 11.5 Å². The highest BCUT2D eigenvalue weighted by atomic mass is 16.5. The minimum absolute atomic E-state index is 0.230. The Morgan fingerprint density at radius 3 is 2.69 bits per heavy atom. The summed E-state index contributed by atoms with van der Waals surface area (Å²) in [7, 11) is 1.67. The molecule has 0 saturated carbocycles. The molecule has 0 radical (unpaired) electrons. The lowest BCUT2D eigenvalue weighted by Crippen LogP contribution is -2.18. The van der Waals surface area contributed by atoms with Crippen molar-refractivity contribution in [2.75, 3.05) is 30.9 Å². The molecule has 0 atom stereocenters. The lowest BCUT2D eigenvalue weighted by Gasteiger charge is -2.16. The van der Waals surface area contributed by atoms with Gasteiger partial charge in [-0.1, -0.05) is 32.0 Å². The van der Waals surface area contributed by atoms with E-state index >= 15 is 0 Å². The number of aryl methyl sites for hydroxylation is 2. The number of hydrogen-bond donors (Lipinski definition) is 2. The lowest BCUT2D eigenvalue weighted by molar-refractivity contribution is 0.102. The van der Waals surface area contributed by atoms with Gasteiger partial charge in [-0.25, -0.2) is 9.97 Å². The first-order valence-corrected chi connectivity index (χ1v) is 8.91. The number of nitrogens with one attached hydrogen (secondary N) is 2. The third-order valence-corrected chi connectivity index (χ3v) is 4.07. The van der Waals surface area contributed by atoms with Crippen molar-refractivity contribution in [2.24, 2.45) is 0 Å². The average Bonchev–Trinajstić information content (AvgIpc) is 2.59. The molecule has 2 aromatic rings. The quantitative estimate of drug-likeness (QED) is 0.701. The fourth-order valence-electron chi connectivity index (χ4n) is 2.73. The molecule has 6 heteroatoms. The first-order chi connectivity index (χ1) is 12.4. The van der Waals surface area contributed by atoms with Crippen LogP contribution in [-0.4, -0.2) is 36.1 Å². The van der Waals surface area contributed by atoms with E-state index in [4.69, 9.17) is 4.74 Å². The van der Waals surface area contributed by atoms with E-state index < -0.39 is 0 Å². The molecule has 2 rings (SSSR count). The highest BCUT2D eigenvalue weighted by molar-refractivity contribution is 6.04. The Morgan fingerprint density at radius 2 is 2.00 bits per heavy atom. The number of aromatic nitrogens is 2. The molecular weight excluding hydrogens is 328 g/mol. The lowest BCUT2D eigenvalue weighted by atomic mass is 9.98. The second-order valence-electron chi connectivity index (χ2n) is 6.61. The van der Waals surface area contributed by atoms with Crippen LogP contribution in [0.5, 0.6) is 0 Å². The smallest absolute Gasteiger partial charge is 0.274 e. The Kier molecular flexibility index (Phi) is 7.09. The van der Waals surface area contributed by atoms with E-state index in [2.05, 4.69) is 34.4 Å². The van der Waals surface area contributed by atoms with E-state index in [1.807, 2.05) is 25.1 Å². The fraction of sp³-hybridized carbons (Fsp3) is 0.450. The molecule has 26 heavy (non-hydrogen) atoms. The first kappa shape index (κ1) is 19.8. The van der Waals surface area contributed by atoms with Gasteiger partial charge in [-0.05, 0) is 37.3 Å². The van der Waals surface area contributed by atoms with Crippen LogP contribution in [0.1, 0.15) is 53.6 Å². The van der Waals surface area contributed by atoms with Gasteiger partial charge in [-0.2, -0.15) is 0 Å². The van der Waals surface area contributed by atoms with Crippen LogP contribution in [-0.2, 0) is 4.74 Å². The summed E-state index contributed by atoms with van der Waals surface area (Å²) in [5.41, 5.74) is 3.36. The van der Waals surface area contributed by atoms with E-state index in [1.165, 1.54) is 0 Å². The third kappa shape index (κ3) is 5.26. The number of ether oxygens (including phenoxy) is 1. The van der Waals surface area contributed by atoms with Gasteiger partial charge in [0.1, 0.15) is 17.3 Å². The van der Waals surface area contributed by atoms with E-state index in [0.717, 1.165) is 29.8 Å². The van der Waals surface area contributed by atoms with Crippen LogP contribution < -0.4 is 10.6 Å². The predicted octanol–water partition coefficient (Wildman–Crippen LogP) is 3.92. The summed E-state index contributed by atoms with van der Waals surface area (Å²) >= 11 is 0. The van der Waals surface area contributed by atoms with Crippen LogP contribution in [0.3, 0.4) is 0 Å². The normalized spacial score (nSPS) is 10.8. The highest BCUT2D eigenvalue weighted by Crippen LogP contribution is 2.27. The molecule has 0 fully saturated rings. The highest BCUT2D eigenvalue weighted by Gasteiger charge is 2.15. The fourth-order valence-corrected chi connectivity index (χ4v) is 2.73. The number of rotatable bonds is 8. The Morgan fingerprint density at radius 1 is 1.23 bits per heavy atom. The molecule has 1 aromatic carbocycles. The maximum Gasteiger partial charge on any atom is 0.274 e. The molecule has 2 N–H and O–H groups in total. The summed E-state index contributed by atoms with van der Waals surface area (Å²) < 4.78 is 5.04. The number of amides is 1. The molecule has 0 aliphatic rings. The van der Waals surface area contributed by atoms with E-state index in [9.17, 15) is 4.79 Å². The number of anilines is 2. The van der Waals surface area contributed by atoms with Gasteiger partial charge < -0.3 is 15.4 Å². The largest absolute Gasteiger partial charge is 0.385 e. The number of benzene rings is 1. The van der Waals surface area contributed by atoms with Crippen molar-refractivity contribution < 1.29 is 9.53 Å². The third-order valence-electron chi connectivity index (χ3n) is 4.07. The number of nitrogens with zero attached hydrogens (tertiary/aromatic N) is 2. The SMILES string of the molecule is COCCCNc1cc(C(=O)Nc2c(C)cccc2C(C)C)nc(C)n1. The second kappa shape index (κ2) is 9.29. The second-order valence-corrected chi connectivity index (χ2v) is 6.61. The molecule has 0 spiro atoms. The monoisotopic (exact) mass is 356 g/mol. The van der Waals surface area contributed by atoms with Crippen molar-refractivity contribution in [3.05, 3.63) is 46.9 Å². The number of para-hydroxylation sites is 1. The average molecular weight is 356 g/mol. The molecule has 0 saturated heterocycles. The number of carbonyl (C=O) groups excluding carboxylic acids is 1. The molecule has 0 unspecified atom stereocenters. The zero-order valence-electron chi connectivity index (χ0n) is 16.2. The van der Waals surface area contributed by atoms with Crippen molar-refractivity contribution in [2.45, 2.75) is 40.0 Å². The first-order valence-electron chi connectivity index (χ1n) is 8.91. The van der Waals surface area contributed by atoms with E-state index in [0.29, 0.717) is 29.9 Å². The molecule has 0 aliphatic heterocycles. The zero-order chi connectivity index (χ0) is 19.1. The number of hydrogen-bond acceptors (Lipinski definition) is 5. The van der Waals surface area contributed by atoms with Gasteiger partial charge in [0.25, 0.3) is 5.91 Å². The van der Waals surface area contributed by atoms with Crippen molar-refractivity contribution in [3.8, 4) is 0 Å². The molecule has 6 nitrogen and oxygen atoms in total. The molecule has 140 valence electrons. The summed E-state index contributed by atoms with van der Waals surface area (Å²) in [6, 6.07) is 7.73. The van der Waals surface area contributed by atoms with Gasteiger partial charge in [-0.3, -0.25) is 4.79 Å². The summed E-state index contributed by atoms with van der Waals surface area (Å²) in [6.07, 6.45) is 0.863. The van der Waals surface area contributed by atoms with E-state index in [-0.39, 0.29) is 5.91 Å². The summed E-state index contributed by atoms with van der Waals surface area (Å²) in [6.45, 7) is 9.40. The summed E-state index contributed by atoms with van der Waals surface area (Å²) in [5, 5.41) is 6.24. The topological polar surface area (TPSA) is 76.1 Å². The van der Waals surface area contributed by atoms with Gasteiger partial charge in [-0.15, -0.1) is 0 Å².